The van der Waals surface area contributed by atoms with E-state index in [1.165, 1.54) is 0 Å². The van der Waals surface area contributed by atoms with Gasteiger partial charge in [-0.05, 0) is 44.5 Å². The highest BCUT2D eigenvalue weighted by Crippen LogP contribution is 2.22. The number of hydrogen-bond donors (Lipinski definition) is 1. The zero-order valence-corrected chi connectivity index (χ0v) is 11.5. The Morgan fingerprint density at radius 3 is 2.53 bits per heavy atom. The maximum atomic E-state index is 11.7. The highest BCUT2D eigenvalue weighted by molar-refractivity contribution is 5.63. The zero-order valence-electron chi connectivity index (χ0n) is 11.5. The number of hydrogen-bond acceptors (Lipinski definition) is 3. The van der Waals surface area contributed by atoms with Gasteiger partial charge in [-0.1, -0.05) is 6.92 Å². The second-order valence-electron chi connectivity index (χ2n) is 4.50. The molecule has 1 heterocycles. The Kier molecular flexibility index (Phi) is 4.00. The molecule has 100 valence electrons. The van der Waals surface area contributed by atoms with Gasteiger partial charge in [0.05, 0.1) is 12.3 Å². The summed E-state index contributed by atoms with van der Waals surface area (Å²) in [6.45, 7) is 6.34. The molecule has 0 fully saturated rings. The Morgan fingerprint density at radius 2 is 1.89 bits per heavy atom. The molecule has 0 radical (unpaired) electrons. The lowest BCUT2D eigenvalue weighted by molar-refractivity contribution is 0.317. The molecule has 0 atom stereocenters. The highest BCUT2D eigenvalue weighted by Gasteiger charge is 2.08. The van der Waals surface area contributed by atoms with Gasteiger partial charge < -0.3 is 9.72 Å². The summed E-state index contributed by atoms with van der Waals surface area (Å²) in [5.74, 6) is 1.46. The van der Waals surface area contributed by atoms with Crippen molar-refractivity contribution in [3.63, 3.8) is 0 Å². The Balaban J connectivity index is 2.35. The molecule has 0 aliphatic rings. The van der Waals surface area contributed by atoms with Crippen molar-refractivity contribution in [1.29, 1.82) is 0 Å². The van der Waals surface area contributed by atoms with E-state index in [9.17, 15) is 4.79 Å². The van der Waals surface area contributed by atoms with E-state index in [2.05, 4.69) is 16.9 Å². The van der Waals surface area contributed by atoms with E-state index >= 15 is 0 Å². The average Bonchev–Trinajstić information content (AvgIpc) is 2.41. The number of aromatic amines is 1. The second kappa shape index (κ2) is 5.69. The molecule has 0 saturated carbocycles. The van der Waals surface area contributed by atoms with Crippen LogP contribution >= 0.6 is 0 Å². The normalized spacial score (nSPS) is 10.5. The van der Waals surface area contributed by atoms with Gasteiger partial charge >= 0.3 is 0 Å². The van der Waals surface area contributed by atoms with E-state index in [4.69, 9.17) is 4.74 Å². The van der Waals surface area contributed by atoms with Crippen LogP contribution in [0, 0.1) is 13.8 Å². The van der Waals surface area contributed by atoms with Gasteiger partial charge in [-0.25, -0.2) is 4.98 Å². The standard InChI is InChI=1S/C15H18N2O2/c1-4-9-19-13-7-5-12(6-8-13)14-10(2)15(18)17-11(3)16-14/h5-8H,4,9H2,1-3H3,(H,16,17,18). The molecule has 0 bridgehead atoms. The Labute approximate surface area is 112 Å². The number of ether oxygens (including phenoxy) is 1. The monoisotopic (exact) mass is 258 g/mol. The first-order chi connectivity index (χ1) is 9.11. The maximum Gasteiger partial charge on any atom is 0.254 e. The molecule has 0 spiro atoms. The molecule has 0 aliphatic carbocycles. The Hall–Kier alpha value is -2.10. The van der Waals surface area contributed by atoms with Gasteiger partial charge in [-0.15, -0.1) is 0 Å². The lowest BCUT2D eigenvalue weighted by Crippen LogP contribution is -2.14. The fourth-order valence-corrected chi connectivity index (χ4v) is 1.86. The molecule has 0 saturated heterocycles. The van der Waals surface area contributed by atoms with Crippen molar-refractivity contribution in [1.82, 2.24) is 9.97 Å². The van der Waals surface area contributed by atoms with Crippen LogP contribution in [0.3, 0.4) is 0 Å². The minimum Gasteiger partial charge on any atom is -0.494 e. The molecule has 2 rings (SSSR count). The van der Waals surface area contributed by atoms with Crippen LogP contribution in [-0.4, -0.2) is 16.6 Å². The summed E-state index contributed by atoms with van der Waals surface area (Å²) in [6, 6.07) is 7.67. The van der Waals surface area contributed by atoms with Crippen molar-refractivity contribution < 1.29 is 4.74 Å². The van der Waals surface area contributed by atoms with Gasteiger partial charge in [0, 0.05) is 11.1 Å². The molecule has 2 aromatic rings. The lowest BCUT2D eigenvalue weighted by atomic mass is 10.1. The van der Waals surface area contributed by atoms with Crippen LogP contribution in [0.1, 0.15) is 24.7 Å². The molecule has 0 aliphatic heterocycles. The van der Waals surface area contributed by atoms with E-state index in [1.807, 2.05) is 24.3 Å². The highest BCUT2D eigenvalue weighted by atomic mass is 16.5. The van der Waals surface area contributed by atoms with Crippen LogP contribution in [0.5, 0.6) is 5.75 Å². The van der Waals surface area contributed by atoms with E-state index < -0.39 is 0 Å². The number of nitrogens with one attached hydrogen (secondary N) is 1. The SMILES string of the molecule is CCCOc1ccc(-c2nc(C)[nH]c(=O)c2C)cc1. The molecule has 0 amide bonds. The van der Waals surface area contributed by atoms with Crippen LogP contribution in [0.25, 0.3) is 11.3 Å². The van der Waals surface area contributed by atoms with Gasteiger partial charge in [-0.3, -0.25) is 4.79 Å². The number of rotatable bonds is 4. The summed E-state index contributed by atoms with van der Waals surface area (Å²) < 4.78 is 5.54. The fourth-order valence-electron chi connectivity index (χ4n) is 1.86. The van der Waals surface area contributed by atoms with Crippen LogP contribution in [0.4, 0.5) is 0 Å². The third-order valence-electron chi connectivity index (χ3n) is 2.87. The summed E-state index contributed by atoms with van der Waals surface area (Å²) in [6.07, 6.45) is 0.982. The first-order valence-electron chi connectivity index (χ1n) is 6.42. The van der Waals surface area contributed by atoms with Gasteiger partial charge in [0.15, 0.2) is 0 Å². The minimum atomic E-state index is -0.0891. The van der Waals surface area contributed by atoms with Crippen LogP contribution in [-0.2, 0) is 0 Å². The number of benzene rings is 1. The summed E-state index contributed by atoms with van der Waals surface area (Å²) in [7, 11) is 0. The van der Waals surface area contributed by atoms with Crippen molar-refractivity contribution >= 4 is 0 Å². The summed E-state index contributed by atoms with van der Waals surface area (Å²) >= 11 is 0. The zero-order chi connectivity index (χ0) is 13.8. The quantitative estimate of drug-likeness (QED) is 0.917. The third kappa shape index (κ3) is 3.02. The van der Waals surface area contributed by atoms with Crippen molar-refractivity contribution in [2.75, 3.05) is 6.61 Å². The van der Waals surface area contributed by atoms with Gasteiger partial charge in [0.1, 0.15) is 11.6 Å². The number of aromatic nitrogens is 2. The van der Waals surface area contributed by atoms with E-state index in [0.29, 0.717) is 18.0 Å². The smallest absolute Gasteiger partial charge is 0.254 e. The summed E-state index contributed by atoms with van der Waals surface area (Å²) in [4.78, 5) is 18.8. The number of nitrogens with zero attached hydrogens (tertiary/aromatic N) is 1. The van der Waals surface area contributed by atoms with Crippen LogP contribution in [0.2, 0.25) is 0 Å². The van der Waals surface area contributed by atoms with Gasteiger partial charge in [0.2, 0.25) is 0 Å². The maximum absolute atomic E-state index is 11.7. The fraction of sp³-hybridized carbons (Fsp3) is 0.333. The topological polar surface area (TPSA) is 55.0 Å². The first-order valence-corrected chi connectivity index (χ1v) is 6.42. The summed E-state index contributed by atoms with van der Waals surface area (Å²) in [5.41, 5.74) is 2.19. The minimum absolute atomic E-state index is 0.0891. The molecule has 4 nitrogen and oxygen atoms in total. The molecule has 1 aromatic heterocycles. The lowest BCUT2D eigenvalue weighted by Gasteiger charge is -2.08. The number of aryl methyl sites for hydroxylation is 1. The summed E-state index contributed by atoms with van der Waals surface area (Å²) in [5, 5.41) is 0. The Bertz CT molecular complexity index is 615. The van der Waals surface area contributed by atoms with Gasteiger partial charge in [-0.2, -0.15) is 0 Å². The van der Waals surface area contributed by atoms with Crippen molar-refractivity contribution in [2.24, 2.45) is 0 Å². The molecular formula is C15H18N2O2. The number of H-pyrrole nitrogens is 1. The Morgan fingerprint density at radius 1 is 1.21 bits per heavy atom. The van der Waals surface area contributed by atoms with Crippen LogP contribution < -0.4 is 10.3 Å². The van der Waals surface area contributed by atoms with Gasteiger partial charge in [0.25, 0.3) is 5.56 Å². The third-order valence-corrected chi connectivity index (χ3v) is 2.87. The van der Waals surface area contributed by atoms with E-state index in [1.54, 1.807) is 13.8 Å². The molecule has 1 aromatic carbocycles. The largest absolute Gasteiger partial charge is 0.494 e. The van der Waals surface area contributed by atoms with Crippen molar-refractivity contribution in [3.8, 4) is 17.0 Å². The van der Waals surface area contributed by atoms with E-state index in [0.717, 1.165) is 23.4 Å². The predicted octanol–water partition coefficient (Wildman–Crippen LogP) is 2.84. The molecule has 1 N–H and O–H groups in total. The first kappa shape index (κ1) is 13.3. The predicted molar refractivity (Wildman–Crippen MR) is 75.6 cm³/mol. The van der Waals surface area contributed by atoms with Crippen molar-refractivity contribution in [2.45, 2.75) is 27.2 Å². The molecule has 4 heteroatoms. The second-order valence-corrected chi connectivity index (χ2v) is 4.50. The van der Waals surface area contributed by atoms with Crippen LogP contribution in [0.15, 0.2) is 29.1 Å². The average molecular weight is 258 g/mol. The molecule has 0 unspecified atom stereocenters. The molecular weight excluding hydrogens is 240 g/mol. The van der Waals surface area contributed by atoms with Crippen molar-refractivity contribution in [3.05, 3.63) is 46.0 Å². The molecule has 19 heavy (non-hydrogen) atoms. The van der Waals surface area contributed by atoms with E-state index in [-0.39, 0.29) is 5.56 Å².